The average molecular weight is 338 g/mol. The lowest BCUT2D eigenvalue weighted by Gasteiger charge is -2.31. The monoisotopic (exact) mass is 338 g/mol. The van der Waals surface area contributed by atoms with E-state index >= 15 is 0 Å². The minimum Gasteiger partial charge on any atom is -0.338 e. The van der Waals surface area contributed by atoms with E-state index in [4.69, 9.17) is 4.52 Å². The first kappa shape index (κ1) is 16.0. The first-order valence-electron chi connectivity index (χ1n) is 8.70. The summed E-state index contributed by atoms with van der Waals surface area (Å²) in [7, 11) is 0. The molecular weight excluding hydrogens is 316 g/mol. The van der Waals surface area contributed by atoms with Gasteiger partial charge in [-0.25, -0.2) is 4.98 Å². The molecule has 3 aromatic rings. The fourth-order valence-electron chi connectivity index (χ4n) is 3.37. The quantitative estimate of drug-likeness (QED) is 0.712. The van der Waals surface area contributed by atoms with Crippen LogP contribution in [0.2, 0.25) is 0 Å². The molecule has 25 heavy (non-hydrogen) atoms. The van der Waals surface area contributed by atoms with E-state index in [-0.39, 0.29) is 0 Å². The van der Waals surface area contributed by atoms with E-state index in [1.165, 1.54) is 18.4 Å². The summed E-state index contributed by atoms with van der Waals surface area (Å²) in [5, 5.41) is 8.33. The number of benzene rings is 1. The van der Waals surface area contributed by atoms with Gasteiger partial charge in [0.15, 0.2) is 0 Å². The second-order valence-electron chi connectivity index (χ2n) is 6.74. The highest BCUT2D eigenvalue weighted by molar-refractivity contribution is 5.54. The summed E-state index contributed by atoms with van der Waals surface area (Å²) in [4.78, 5) is 11.0. The van der Waals surface area contributed by atoms with Gasteiger partial charge in [0.2, 0.25) is 11.7 Å². The van der Waals surface area contributed by atoms with Crippen molar-refractivity contribution in [1.29, 1.82) is 0 Å². The molecule has 1 fully saturated rings. The van der Waals surface area contributed by atoms with Crippen molar-refractivity contribution in [2.24, 2.45) is 5.92 Å². The van der Waals surface area contributed by atoms with Crippen molar-refractivity contribution < 1.29 is 4.52 Å². The van der Waals surface area contributed by atoms with E-state index in [2.05, 4.69) is 44.2 Å². The lowest BCUT2D eigenvalue weighted by Crippen LogP contribution is -2.36. The van der Waals surface area contributed by atoms with Crippen molar-refractivity contribution in [3.8, 4) is 11.4 Å². The number of piperidine rings is 1. The van der Waals surface area contributed by atoms with Gasteiger partial charge in [-0.3, -0.25) is 9.58 Å². The molecule has 4 rings (SSSR count). The zero-order valence-corrected chi connectivity index (χ0v) is 14.4. The van der Waals surface area contributed by atoms with E-state index in [9.17, 15) is 0 Å². The van der Waals surface area contributed by atoms with E-state index in [1.54, 1.807) is 12.7 Å². The largest absolute Gasteiger partial charge is 0.338 e. The maximum Gasteiger partial charge on any atom is 0.241 e. The van der Waals surface area contributed by atoms with Crippen molar-refractivity contribution in [1.82, 2.24) is 29.8 Å². The normalized spacial score (nSPS) is 18.5. The number of aromatic nitrogens is 5. The highest BCUT2D eigenvalue weighted by Crippen LogP contribution is 2.21. The predicted molar refractivity (Wildman–Crippen MR) is 92.5 cm³/mol. The molecule has 1 saturated heterocycles. The van der Waals surface area contributed by atoms with Gasteiger partial charge in [-0.05, 0) is 32.2 Å². The molecule has 0 N–H and O–H groups in total. The van der Waals surface area contributed by atoms with Gasteiger partial charge >= 0.3 is 0 Å². The SMILES string of the molecule is Cc1ccc(-c2noc(CN3CCC[C@H](Cn4cncn4)C3)n2)cc1. The molecule has 0 radical (unpaired) electrons. The zero-order valence-electron chi connectivity index (χ0n) is 14.4. The van der Waals surface area contributed by atoms with Gasteiger partial charge in [0.25, 0.3) is 0 Å². The summed E-state index contributed by atoms with van der Waals surface area (Å²) in [5.74, 6) is 1.91. The number of nitrogens with zero attached hydrogens (tertiary/aromatic N) is 6. The molecule has 0 unspecified atom stereocenters. The van der Waals surface area contributed by atoms with Gasteiger partial charge in [-0.2, -0.15) is 10.1 Å². The van der Waals surface area contributed by atoms with Gasteiger partial charge < -0.3 is 4.52 Å². The molecule has 2 aromatic heterocycles. The van der Waals surface area contributed by atoms with E-state index in [0.717, 1.165) is 25.2 Å². The first-order valence-corrected chi connectivity index (χ1v) is 8.70. The van der Waals surface area contributed by atoms with Crippen molar-refractivity contribution in [3.05, 3.63) is 48.4 Å². The average Bonchev–Trinajstić information content (AvgIpc) is 3.28. The van der Waals surface area contributed by atoms with Crippen LogP contribution in [0.5, 0.6) is 0 Å². The van der Waals surface area contributed by atoms with Crippen LogP contribution in [0.3, 0.4) is 0 Å². The van der Waals surface area contributed by atoms with Crippen LogP contribution in [0.25, 0.3) is 11.4 Å². The molecule has 0 aliphatic carbocycles. The number of hydrogen-bond acceptors (Lipinski definition) is 6. The molecule has 1 aromatic carbocycles. The lowest BCUT2D eigenvalue weighted by molar-refractivity contribution is 0.138. The minimum absolute atomic E-state index is 0.579. The molecule has 0 amide bonds. The van der Waals surface area contributed by atoms with Crippen molar-refractivity contribution >= 4 is 0 Å². The van der Waals surface area contributed by atoms with Gasteiger partial charge in [0.1, 0.15) is 12.7 Å². The van der Waals surface area contributed by atoms with Gasteiger partial charge in [-0.15, -0.1) is 0 Å². The number of aryl methyl sites for hydroxylation is 1. The van der Waals surface area contributed by atoms with Crippen LogP contribution >= 0.6 is 0 Å². The predicted octanol–water partition coefficient (Wildman–Crippen LogP) is 2.55. The number of rotatable bonds is 5. The molecule has 3 heterocycles. The van der Waals surface area contributed by atoms with Crippen molar-refractivity contribution in [2.45, 2.75) is 32.9 Å². The van der Waals surface area contributed by atoms with E-state index in [0.29, 0.717) is 24.2 Å². The van der Waals surface area contributed by atoms with Crippen LogP contribution in [-0.2, 0) is 13.1 Å². The summed E-state index contributed by atoms with van der Waals surface area (Å²) in [6, 6.07) is 8.17. The molecule has 7 heteroatoms. The van der Waals surface area contributed by atoms with Crippen LogP contribution in [0.1, 0.15) is 24.3 Å². The topological polar surface area (TPSA) is 72.9 Å². The van der Waals surface area contributed by atoms with Gasteiger partial charge in [0.05, 0.1) is 6.54 Å². The minimum atomic E-state index is 0.579. The maximum absolute atomic E-state index is 5.46. The van der Waals surface area contributed by atoms with E-state index in [1.807, 2.05) is 16.8 Å². The van der Waals surface area contributed by atoms with Gasteiger partial charge in [0, 0.05) is 18.7 Å². The number of likely N-dealkylation sites (tertiary alicyclic amines) is 1. The molecule has 0 bridgehead atoms. The summed E-state index contributed by atoms with van der Waals surface area (Å²) in [5.41, 5.74) is 2.21. The molecule has 0 saturated carbocycles. The Kier molecular flexibility index (Phi) is 4.56. The Morgan fingerprint density at radius 2 is 2.12 bits per heavy atom. The molecule has 1 aliphatic rings. The summed E-state index contributed by atoms with van der Waals surface area (Å²) in [6.07, 6.45) is 5.77. The molecule has 130 valence electrons. The Hall–Kier alpha value is -2.54. The zero-order chi connectivity index (χ0) is 17.1. The summed E-state index contributed by atoms with van der Waals surface area (Å²) in [6.45, 7) is 5.76. The number of hydrogen-bond donors (Lipinski definition) is 0. The Morgan fingerprint density at radius 1 is 1.24 bits per heavy atom. The van der Waals surface area contributed by atoms with Crippen LogP contribution in [0, 0.1) is 12.8 Å². The smallest absolute Gasteiger partial charge is 0.241 e. The third-order valence-corrected chi connectivity index (χ3v) is 4.65. The van der Waals surface area contributed by atoms with Crippen molar-refractivity contribution in [2.75, 3.05) is 13.1 Å². The fraction of sp³-hybridized carbons (Fsp3) is 0.444. The Labute approximate surface area is 146 Å². The standard InChI is InChI=1S/C18H22N6O/c1-14-4-6-16(7-5-14)18-21-17(25-22-18)11-23-8-2-3-15(9-23)10-24-13-19-12-20-24/h4-7,12-13,15H,2-3,8-11H2,1H3/t15-/m0/s1. The highest BCUT2D eigenvalue weighted by Gasteiger charge is 2.22. The van der Waals surface area contributed by atoms with Crippen molar-refractivity contribution in [3.63, 3.8) is 0 Å². The molecule has 0 spiro atoms. The Bertz CT molecular complexity index is 795. The van der Waals surface area contributed by atoms with Crippen LogP contribution in [0.4, 0.5) is 0 Å². The Balaban J connectivity index is 1.37. The third kappa shape index (κ3) is 3.93. The fourth-order valence-corrected chi connectivity index (χ4v) is 3.37. The summed E-state index contributed by atoms with van der Waals surface area (Å²) >= 11 is 0. The lowest BCUT2D eigenvalue weighted by atomic mass is 9.98. The van der Waals surface area contributed by atoms with Gasteiger partial charge in [-0.1, -0.05) is 35.0 Å². The third-order valence-electron chi connectivity index (χ3n) is 4.65. The second kappa shape index (κ2) is 7.14. The molecule has 1 aliphatic heterocycles. The van der Waals surface area contributed by atoms with E-state index < -0.39 is 0 Å². The maximum atomic E-state index is 5.46. The first-order chi connectivity index (χ1) is 12.3. The van der Waals surface area contributed by atoms with Crippen LogP contribution in [0.15, 0.2) is 41.4 Å². The molecular formula is C18H22N6O. The Morgan fingerprint density at radius 3 is 2.92 bits per heavy atom. The molecule has 7 nitrogen and oxygen atoms in total. The highest BCUT2D eigenvalue weighted by atomic mass is 16.5. The van der Waals surface area contributed by atoms with Crippen LogP contribution < -0.4 is 0 Å². The molecule has 1 atom stereocenters. The second-order valence-corrected chi connectivity index (χ2v) is 6.74. The van der Waals surface area contributed by atoms with Crippen LogP contribution in [-0.4, -0.2) is 42.9 Å². The summed E-state index contributed by atoms with van der Waals surface area (Å²) < 4.78 is 7.38.